The lowest BCUT2D eigenvalue weighted by molar-refractivity contribution is 0.102. The molecule has 0 atom stereocenters. The average molecular weight is 412 g/mol. The molecule has 0 aliphatic heterocycles. The van der Waals surface area contributed by atoms with E-state index in [4.69, 9.17) is 0 Å². The van der Waals surface area contributed by atoms with Crippen LogP contribution in [0.15, 0.2) is 48.5 Å². The quantitative estimate of drug-likeness (QED) is 0.616. The van der Waals surface area contributed by atoms with Crippen molar-refractivity contribution in [1.82, 2.24) is 0 Å². The van der Waals surface area contributed by atoms with Crippen molar-refractivity contribution in [1.29, 1.82) is 0 Å². The van der Waals surface area contributed by atoms with Gasteiger partial charge in [0, 0.05) is 11.4 Å². The first-order valence-electron chi connectivity index (χ1n) is 8.08. The number of carbonyl (C=O) groups is 1. The molecule has 0 radical (unpaired) electrons. The number of amides is 1. The van der Waals surface area contributed by atoms with E-state index in [0.717, 1.165) is 6.26 Å². The van der Waals surface area contributed by atoms with E-state index in [2.05, 4.69) is 14.8 Å². The molecule has 2 rings (SSSR count). The van der Waals surface area contributed by atoms with Gasteiger partial charge in [0.15, 0.2) is 0 Å². The molecule has 0 aromatic heterocycles. The highest BCUT2D eigenvalue weighted by molar-refractivity contribution is 7.92. The number of carbonyl (C=O) groups excluding carboxylic acids is 1. The molecular weight excluding hydrogens is 390 g/mol. The van der Waals surface area contributed by atoms with Crippen LogP contribution in [0, 0.1) is 0 Å². The second-order valence-electron chi connectivity index (χ2n) is 5.87. The number of sulfonamides is 2. The topological polar surface area (TPSA) is 121 Å². The second kappa shape index (κ2) is 8.40. The first kappa shape index (κ1) is 20.7. The Morgan fingerprint density at radius 2 is 1.48 bits per heavy atom. The van der Waals surface area contributed by atoms with Crippen LogP contribution in [0.3, 0.4) is 0 Å². The van der Waals surface area contributed by atoms with Crippen molar-refractivity contribution in [2.75, 3.05) is 26.8 Å². The first-order chi connectivity index (χ1) is 12.6. The highest BCUT2D eigenvalue weighted by Gasteiger charge is 2.14. The fraction of sp³-hybridized carbons (Fsp3) is 0.235. The molecular formula is C17H21N3O5S2. The Morgan fingerprint density at radius 3 is 2.07 bits per heavy atom. The van der Waals surface area contributed by atoms with E-state index in [9.17, 15) is 21.6 Å². The Hall–Kier alpha value is -2.59. The Kier molecular flexibility index (Phi) is 6.45. The molecule has 0 spiro atoms. The summed E-state index contributed by atoms with van der Waals surface area (Å²) >= 11 is 0. The monoisotopic (exact) mass is 411 g/mol. The molecule has 2 aromatic rings. The molecule has 0 aliphatic rings. The largest absolute Gasteiger partial charge is 0.322 e. The lowest BCUT2D eigenvalue weighted by atomic mass is 10.1. The molecule has 0 saturated carbocycles. The lowest BCUT2D eigenvalue weighted by Gasteiger charge is -2.12. The summed E-state index contributed by atoms with van der Waals surface area (Å²) in [6.45, 7) is 1.77. The van der Waals surface area contributed by atoms with E-state index in [1.807, 2.05) is 0 Å². The van der Waals surface area contributed by atoms with Crippen molar-refractivity contribution < 1.29 is 21.6 Å². The molecule has 0 unspecified atom stereocenters. The van der Waals surface area contributed by atoms with Gasteiger partial charge in [0.1, 0.15) is 0 Å². The second-order valence-corrected chi connectivity index (χ2v) is 9.46. The number of nitrogens with one attached hydrogen (secondary N) is 3. The fourth-order valence-corrected chi connectivity index (χ4v) is 4.00. The van der Waals surface area contributed by atoms with E-state index in [1.54, 1.807) is 31.2 Å². The summed E-state index contributed by atoms with van der Waals surface area (Å²) in [4.78, 5) is 12.5. The van der Waals surface area contributed by atoms with Gasteiger partial charge in [0.25, 0.3) is 5.91 Å². The third kappa shape index (κ3) is 6.57. The van der Waals surface area contributed by atoms with E-state index in [-0.39, 0.29) is 17.0 Å². The lowest BCUT2D eigenvalue weighted by Crippen LogP contribution is -2.18. The van der Waals surface area contributed by atoms with Gasteiger partial charge in [0.05, 0.1) is 23.3 Å². The van der Waals surface area contributed by atoms with Crippen LogP contribution in [0.25, 0.3) is 0 Å². The van der Waals surface area contributed by atoms with E-state index in [1.165, 1.54) is 24.3 Å². The average Bonchev–Trinajstić information content (AvgIpc) is 2.55. The number of hydrogen-bond acceptors (Lipinski definition) is 5. The third-order valence-electron chi connectivity index (χ3n) is 3.36. The smallest absolute Gasteiger partial charge is 0.257 e. The van der Waals surface area contributed by atoms with Crippen LogP contribution in [0.5, 0.6) is 0 Å². The van der Waals surface area contributed by atoms with Crippen molar-refractivity contribution in [3.8, 4) is 0 Å². The van der Waals surface area contributed by atoms with Gasteiger partial charge < -0.3 is 5.32 Å². The summed E-state index contributed by atoms with van der Waals surface area (Å²) in [5, 5.41) is 2.65. The van der Waals surface area contributed by atoms with Crippen LogP contribution in [0.4, 0.5) is 17.1 Å². The summed E-state index contributed by atoms with van der Waals surface area (Å²) < 4.78 is 51.1. The molecule has 0 heterocycles. The zero-order chi connectivity index (χ0) is 20.1. The molecule has 27 heavy (non-hydrogen) atoms. The molecule has 0 saturated heterocycles. The number of benzene rings is 2. The van der Waals surface area contributed by atoms with Crippen LogP contribution < -0.4 is 14.8 Å². The summed E-state index contributed by atoms with van der Waals surface area (Å²) in [6.07, 6.45) is 1.50. The predicted octanol–water partition coefficient (Wildman–Crippen LogP) is 2.46. The molecule has 0 aliphatic carbocycles. The number of hydrogen-bond donors (Lipinski definition) is 3. The molecule has 3 N–H and O–H groups in total. The van der Waals surface area contributed by atoms with E-state index >= 15 is 0 Å². The summed E-state index contributed by atoms with van der Waals surface area (Å²) in [5.74, 6) is -0.476. The Balaban J connectivity index is 2.13. The molecule has 0 bridgehead atoms. The number of para-hydroxylation sites is 1. The Bertz CT molecular complexity index is 1020. The predicted molar refractivity (Wildman–Crippen MR) is 107 cm³/mol. The standard InChI is InChI=1S/C17H21N3O5S2/c1-3-12-27(24,25)19-14-10-8-13(9-11-14)18-17(21)15-6-4-5-7-16(15)20-26(2,22)23/h4-11,19-20H,3,12H2,1-2H3,(H,18,21). The maximum Gasteiger partial charge on any atom is 0.257 e. The molecule has 8 nitrogen and oxygen atoms in total. The fourth-order valence-electron chi connectivity index (χ4n) is 2.29. The summed E-state index contributed by atoms with van der Waals surface area (Å²) in [6, 6.07) is 12.4. The minimum absolute atomic E-state index is 0.0234. The third-order valence-corrected chi connectivity index (χ3v) is 5.44. The molecule has 1 amide bonds. The van der Waals surface area contributed by atoms with Crippen molar-refractivity contribution in [3.05, 3.63) is 54.1 Å². The van der Waals surface area contributed by atoms with Gasteiger partial charge in [-0.05, 0) is 42.8 Å². The molecule has 0 fully saturated rings. The number of anilines is 3. The zero-order valence-electron chi connectivity index (χ0n) is 14.9. The van der Waals surface area contributed by atoms with Crippen LogP contribution >= 0.6 is 0 Å². The minimum Gasteiger partial charge on any atom is -0.322 e. The highest BCUT2D eigenvalue weighted by atomic mass is 32.2. The SMILES string of the molecule is CCCS(=O)(=O)Nc1ccc(NC(=O)c2ccccc2NS(C)(=O)=O)cc1. The van der Waals surface area contributed by atoms with Gasteiger partial charge in [0.2, 0.25) is 20.0 Å². The van der Waals surface area contributed by atoms with Crippen LogP contribution in [0.2, 0.25) is 0 Å². The van der Waals surface area contributed by atoms with Crippen LogP contribution in [-0.2, 0) is 20.0 Å². The first-order valence-corrected chi connectivity index (χ1v) is 11.6. The minimum atomic E-state index is -3.53. The zero-order valence-corrected chi connectivity index (χ0v) is 16.5. The van der Waals surface area contributed by atoms with Gasteiger partial charge in [-0.1, -0.05) is 19.1 Å². The molecule has 10 heteroatoms. The number of rotatable bonds is 8. The Labute approximate surface area is 159 Å². The van der Waals surface area contributed by atoms with Crippen molar-refractivity contribution in [2.24, 2.45) is 0 Å². The Morgan fingerprint density at radius 1 is 0.889 bits per heavy atom. The normalized spacial score (nSPS) is 11.6. The maximum atomic E-state index is 12.5. The van der Waals surface area contributed by atoms with E-state index < -0.39 is 26.0 Å². The van der Waals surface area contributed by atoms with E-state index in [0.29, 0.717) is 17.8 Å². The molecule has 2 aromatic carbocycles. The van der Waals surface area contributed by atoms with Crippen molar-refractivity contribution in [3.63, 3.8) is 0 Å². The van der Waals surface area contributed by atoms with Crippen LogP contribution in [0.1, 0.15) is 23.7 Å². The molecule has 146 valence electrons. The van der Waals surface area contributed by atoms with Gasteiger partial charge >= 0.3 is 0 Å². The van der Waals surface area contributed by atoms with Crippen molar-refractivity contribution >= 4 is 43.0 Å². The van der Waals surface area contributed by atoms with Crippen molar-refractivity contribution in [2.45, 2.75) is 13.3 Å². The maximum absolute atomic E-state index is 12.5. The van der Waals surface area contributed by atoms with Gasteiger partial charge in [-0.15, -0.1) is 0 Å². The van der Waals surface area contributed by atoms with Crippen LogP contribution in [-0.4, -0.2) is 34.8 Å². The highest BCUT2D eigenvalue weighted by Crippen LogP contribution is 2.20. The van der Waals surface area contributed by atoms with Gasteiger partial charge in [-0.25, -0.2) is 16.8 Å². The van der Waals surface area contributed by atoms with Gasteiger partial charge in [-0.3, -0.25) is 14.2 Å². The summed E-state index contributed by atoms with van der Waals surface area (Å²) in [5.41, 5.74) is 1.16. The van der Waals surface area contributed by atoms with Gasteiger partial charge in [-0.2, -0.15) is 0 Å². The summed E-state index contributed by atoms with van der Waals surface area (Å²) in [7, 11) is -6.92.